The Hall–Kier alpha value is -3.64. The van der Waals surface area contributed by atoms with Gasteiger partial charge in [-0.2, -0.15) is 0 Å². The molecule has 2 atom stereocenters. The van der Waals surface area contributed by atoms with E-state index in [0.717, 1.165) is 22.4 Å². The molecule has 2 amide bonds. The first kappa shape index (κ1) is 23.5. The largest absolute Gasteiger partial charge is 0.496 e. The maximum Gasteiger partial charge on any atom is 0.245 e. The van der Waals surface area contributed by atoms with E-state index in [4.69, 9.17) is 4.74 Å². The monoisotopic (exact) mass is 457 g/mol. The van der Waals surface area contributed by atoms with Crippen LogP contribution in [0.15, 0.2) is 84.9 Å². The van der Waals surface area contributed by atoms with Crippen molar-refractivity contribution in [2.24, 2.45) is 0 Å². The van der Waals surface area contributed by atoms with Gasteiger partial charge in [-0.25, -0.2) is 0 Å². The second-order valence-electron chi connectivity index (χ2n) is 8.54. The summed E-state index contributed by atoms with van der Waals surface area (Å²) in [6, 6.07) is 26.2. The average molecular weight is 458 g/mol. The minimum Gasteiger partial charge on any atom is -0.496 e. The van der Waals surface area contributed by atoms with Crippen molar-refractivity contribution in [3.63, 3.8) is 0 Å². The minimum absolute atomic E-state index is 0.0718. The highest BCUT2D eigenvalue weighted by atomic mass is 16.5. The van der Waals surface area contributed by atoms with Crippen molar-refractivity contribution >= 4 is 11.8 Å². The molecule has 1 fully saturated rings. The fourth-order valence-corrected chi connectivity index (χ4v) is 4.50. The molecule has 0 unspecified atom stereocenters. The molecule has 1 saturated heterocycles. The summed E-state index contributed by atoms with van der Waals surface area (Å²) < 4.78 is 5.47. The molecule has 3 aromatic rings. The van der Waals surface area contributed by atoms with Gasteiger partial charge in [-0.05, 0) is 17.2 Å². The first-order chi connectivity index (χ1) is 16.6. The van der Waals surface area contributed by atoms with Crippen LogP contribution in [-0.4, -0.2) is 54.9 Å². The molecule has 4 rings (SSSR count). The number of nitrogens with zero attached hydrogens (tertiary/aromatic N) is 2. The number of carbonyl (C=O) groups is 2. The average Bonchev–Trinajstić information content (AvgIpc) is 2.88. The predicted molar refractivity (Wildman–Crippen MR) is 132 cm³/mol. The highest BCUT2D eigenvalue weighted by Crippen LogP contribution is 2.24. The van der Waals surface area contributed by atoms with E-state index in [9.17, 15) is 9.59 Å². The number of methoxy groups -OCH3 is 1. The maximum absolute atomic E-state index is 13.8. The van der Waals surface area contributed by atoms with E-state index in [0.29, 0.717) is 26.1 Å². The van der Waals surface area contributed by atoms with Gasteiger partial charge in [0, 0.05) is 38.7 Å². The third-order valence-corrected chi connectivity index (χ3v) is 6.27. The molecule has 3 aromatic carbocycles. The second-order valence-corrected chi connectivity index (χ2v) is 8.54. The number of ether oxygens (including phenoxy) is 1. The van der Waals surface area contributed by atoms with E-state index in [1.165, 1.54) is 0 Å². The molecule has 1 heterocycles. The smallest absolute Gasteiger partial charge is 0.245 e. The van der Waals surface area contributed by atoms with Crippen molar-refractivity contribution in [1.82, 2.24) is 15.1 Å². The minimum atomic E-state index is -0.595. The van der Waals surface area contributed by atoms with Crippen LogP contribution in [0.2, 0.25) is 0 Å². The first-order valence-electron chi connectivity index (χ1n) is 11.6. The van der Waals surface area contributed by atoms with Gasteiger partial charge in [0.15, 0.2) is 0 Å². The number of rotatable bonds is 8. The molecule has 1 N–H and O–H groups in total. The van der Waals surface area contributed by atoms with Crippen LogP contribution in [0.5, 0.6) is 5.75 Å². The standard InChI is InChI=1S/C28H31N3O3/c1-30(20-23-15-9-10-16-25(23)34-2)27(32)24(19-21-11-5-3-6-12-21)31-18-17-29-26(28(31)33)22-13-7-4-8-14-22/h3-16,24,26,29H,17-20H2,1-2H3/t24-,26-/m1/s1. The Balaban J connectivity index is 1.60. The molecule has 1 aliphatic rings. The van der Waals surface area contributed by atoms with Gasteiger partial charge < -0.3 is 19.9 Å². The molecule has 0 radical (unpaired) electrons. The summed E-state index contributed by atoms with van der Waals surface area (Å²) in [4.78, 5) is 30.9. The fraction of sp³-hybridized carbons (Fsp3) is 0.286. The summed E-state index contributed by atoms with van der Waals surface area (Å²) in [5.41, 5.74) is 2.85. The van der Waals surface area contributed by atoms with Gasteiger partial charge in [0.2, 0.25) is 11.8 Å². The van der Waals surface area contributed by atoms with E-state index in [-0.39, 0.29) is 11.8 Å². The lowest BCUT2D eigenvalue weighted by atomic mass is 9.98. The normalized spacial score (nSPS) is 16.7. The summed E-state index contributed by atoms with van der Waals surface area (Å²) in [5.74, 6) is 0.582. The highest BCUT2D eigenvalue weighted by Gasteiger charge is 2.38. The van der Waals surface area contributed by atoms with Crippen LogP contribution in [0.3, 0.4) is 0 Å². The number of para-hydroxylation sites is 1. The van der Waals surface area contributed by atoms with Crippen LogP contribution in [0.25, 0.3) is 0 Å². The summed E-state index contributed by atoms with van der Waals surface area (Å²) >= 11 is 0. The SMILES string of the molecule is COc1ccccc1CN(C)C(=O)[C@@H](Cc1ccccc1)N1CCN[C@H](c2ccccc2)C1=O. The van der Waals surface area contributed by atoms with Gasteiger partial charge in [-0.15, -0.1) is 0 Å². The second kappa shape index (κ2) is 11.0. The van der Waals surface area contributed by atoms with E-state index in [2.05, 4.69) is 5.32 Å². The quantitative estimate of drug-likeness (QED) is 0.563. The van der Waals surface area contributed by atoms with Crippen molar-refractivity contribution in [1.29, 1.82) is 0 Å². The molecular formula is C28H31N3O3. The Morgan fingerprint density at radius 1 is 1.03 bits per heavy atom. The van der Waals surface area contributed by atoms with Crippen LogP contribution in [0, 0.1) is 0 Å². The third kappa shape index (κ3) is 5.29. The predicted octanol–water partition coefficient (Wildman–Crippen LogP) is 3.44. The van der Waals surface area contributed by atoms with Crippen molar-refractivity contribution in [3.05, 3.63) is 102 Å². The van der Waals surface area contributed by atoms with Crippen LogP contribution in [0.1, 0.15) is 22.7 Å². The van der Waals surface area contributed by atoms with Crippen LogP contribution >= 0.6 is 0 Å². The molecule has 6 heteroatoms. The maximum atomic E-state index is 13.8. The van der Waals surface area contributed by atoms with Gasteiger partial charge in [0.1, 0.15) is 17.8 Å². The lowest BCUT2D eigenvalue weighted by molar-refractivity contribution is -0.148. The molecular weight excluding hydrogens is 426 g/mol. The summed E-state index contributed by atoms with van der Waals surface area (Å²) in [6.45, 7) is 1.50. The van der Waals surface area contributed by atoms with E-state index in [1.54, 1.807) is 24.0 Å². The number of amides is 2. The zero-order valence-electron chi connectivity index (χ0n) is 19.7. The summed E-state index contributed by atoms with van der Waals surface area (Å²) in [7, 11) is 3.41. The molecule has 1 aliphatic heterocycles. The molecule has 0 spiro atoms. The van der Waals surface area contributed by atoms with Gasteiger partial charge >= 0.3 is 0 Å². The van der Waals surface area contributed by atoms with Gasteiger partial charge in [-0.3, -0.25) is 9.59 Å². The highest BCUT2D eigenvalue weighted by molar-refractivity contribution is 5.91. The number of hydrogen-bond donors (Lipinski definition) is 1. The number of likely N-dealkylation sites (N-methyl/N-ethyl adjacent to an activating group) is 1. The Morgan fingerprint density at radius 2 is 1.68 bits per heavy atom. The van der Waals surface area contributed by atoms with Crippen LogP contribution in [-0.2, 0) is 22.6 Å². The molecule has 6 nitrogen and oxygen atoms in total. The number of hydrogen-bond acceptors (Lipinski definition) is 4. The number of nitrogens with one attached hydrogen (secondary N) is 1. The topological polar surface area (TPSA) is 61.9 Å². The number of benzene rings is 3. The van der Waals surface area contributed by atoms with Crippen molar-refractivity contribution < 1.29 is 14.3 Å². The first-order valence-corrected chi connectivity index (χ1v) is 11.6. The van der Waals surface area contributed by atoms with Crippen molar-refractivity contribution in [3.8, 4) is 5.75 Å². The molecule has 0 bridgehead atoms. The van der Waals surface area contributed by atoms with Crippen molar-refractivity contribution in [2.45, 2.75) is 25.0 Å². The number of carbonyl (C=O) groups excluding carboxylic acids is 2. The molecule has 0 aromatic heterocycles. The van der Waals surface area contributed by atoms with E-state index < -0.39 is 12.1 Å². The number of piperazine rings is 1. The molecule has 34 heavy (non-hydrogen) atoms. The summed E-state index contributed by atoms with van der Waals surface area (Å²) in [5, 5.41) is 3.32. The van der Waals surface area contributed by atoms with E-state index in [1.807, 2.05) is 84.9 Å². The lowest BCUT2D eigenvalue weighted by Crippen LogP contribution is -2.58. The Labute approximate surface area is 201 Å². The summed E-state index contributed by atoms with van der Waals surface area (Å²) in [6.07, 6.45) is 0.461. The van der Waals surface area contributed by atoms with Crippen LogP contribution in [0.4, 0.5) is 0 Å². The van der Waals surface area contributed by atoms with Gasteiger partial charge in [0.25, 0.3) is 0 Å². The fourth-order valence-electron chi connectivity index (χ4n) is 4.50. The van der Waals surface area contributed by atoms with Gasteiger partial charge in [0.05, 0.1) is 7.11 Å². The Bertz CT molecular complexity index is 1100. The zero-order chi connectivity index (χ0) is 23.9. The van der Waals surface area contributed by atoms with E-state index >= 15 is 0 Å². The zero-order valence-corrected chi connectivity index (χ0v) is 19.7. The van der Waals surface area contributed by atoms with Gasteiger partial charge in [-0.1, -0.05) is 78.9 Å². The molecule has 0 saturated carbocycles. The van der Waals surface area contributed by atoms with Crippen molar-refractivity contribution in [2.75, 3.05) is 27.2 Å². The molecule has 176 valence electrons. The Kier molecular flexibility index (Phi) is 7.60. The van der Waals surface area contributed by atoms with Crippen LogP contribution < -0.4 is 10.1 Å². The Morgan fingerprint density at radius 3 is 2.38 bits per heavy atom. The third-order valence-electron chi connectivity index (χ3n) is 6.27. The molecule has 0 aliphatic carbocycles. The lowest BCUT2D eigenvalue weighted by Gasteiger charge is -2.39.